The topological polar surface area (TPSA) is 96.7 Å². The zero-order valence-corrected chi connectivity index (χ0v) is 9.15. The number of nitrogens with two attached hydrogens (primary N) is 2. The van der Waals surface area contributed by atoms with Crippen molar-refractivity contribution in [2.45, 2.75) is 44.2 Å². The Hall–Kier alpha value is -0.810. The first-order valence-electron chi connectivity index (χ1n) is 5.65. The SMILES string of the molecule is NC(N)=NC(CO)CNC1CCCCC1. The second-order valence-electron chi connectivity index (χ2n) is 4.13. The van der Waals surface area contributed by atoms with Crippen molar-refractivity contribution >= 4 is 5.96 Å². The van der Waals surface area contributed by atoms with Gasteiger partial charge >= 0.3 is 0 Å². The molecule has 0 aromatic heterocycles. The maximum atomic E-state index is 9.05. The zero-order chi connectivity index (χ0) is 11.1. The highest BCUT2D eigenvalue weighted by Gasteiger charge is 2.14. The summed E-state index contributed by atoms with van der Waals surface area (Å²) in [7, 11) is 0. The van der Waals surface area contributed by atoms with Crippen molar-refractivity contribution in [3.63, 3.8) is 0 Å². The van der Waals surface area contributed by atoms with Crippen molar-refractivity contribution < 1.29 is 5.11 Å². The van der Waals surface area contributed by atoms with E-state index in [1.165, 1.54) is 32.1 Å². The standard InChI is InChI=1S/C10H22N4O/c11-10(12)14-9(7-15)6-13-8-4-2-1-3-5-8/h8-9,13,15H,1-7H2,(H4,11,12,14). The Morgan fingerprint density at radius 3 is 2.53 bits per heavy atom. The lowest BCUT2D eigenvalue weighted by Crippen LogP contribution is -2.39. The van der Waals surface area contributed by atoms with Gasteiger partial charge in [0.2, 0.25) is 0 Å². The third-order valence-corrected chi connectivity index (χ3v) is 2.79. The number of hydrogen-bond donors (Lipinski definition) is 4. The van der Waals surface area contributed by atoms with Gasteiger partial charge in [-0.25, -0.2) is 4.99 Å². The minimum atomic E-state index is -0.211. The molecule has 0 aromatic rings. The van der Waals surface area contributed by atoms with Gasteiger partial charge in [0, 0.05) is 12.6 Å². The van der Waals surface area contributed by atoms with Gasteiger partial charge in [0.1, 0.15) is 0 Å². The summed E-state index contributed by atoms with van der Waals surface area (Å²) in [5, 5.41) is 12.4. The molecule has 0 spiro atoms. The summed E-state index contributed by atoms with van der Waals surface area (Å²) in [6.45, 7) is 0.636. The quantitative estimate of drug-likeness (QED) is 0.368. The van der Waals surface area contributed by atoms with Crippen LogP contribution in [-0.2, 0) is 0 Å². The van der Waals surface area contributed by atoms with Gasteiger partial charge in [-0.3, -0.25) is 0 Å². The van der Waals surface area contributed by atoms with E-state index in [2.05, 4.69) is 10.3 Å². The van der Waals surface area contributed by atoms with E-state index in [0.717, 1.165) is 0 Å². The summed E-state index contributed by atoms with van der Waals surface area (Å²) in [6, 6.07) is 0.360. The van der Waals surface area contributed by atoms with Crippen molar-refractivity contribution in [2.24, 2.45) is 16.5 Å². The first kappa shape index (κ1) is 12.3. The second kappa shape index (κ2) is 6.63. The lowest BCUT2D eigenvalue weighted by Gasteiger charge is -2.24. The molecule has 15 heavy (non-hydrogen) atoms. The van der Waals surface area contributed by atoms with Crippen LogP contribution in [0.3, 0.4) is 0 Å². The molecular formula is C10H22N4O. The van der Waals surface area contributed by atoms with Crippen molar-refractivity contribution in [2.75, 3.05) is 13.2 Å². The third kappa shape index (κ3) is 4.99. The van der Waals surface area contributed by atoms with Gasteiger partial charge in [-0.15, -0.1) is 0 Å². The van der Waals surface area contributed by atoms with E-state index in [-0.39, 0.29) is 18.6 Å². The number of aliphatic hydroxyl groups excluding tert-OH is 1. The Morgan fingerprint density at radius 2 is 2.00 bits per heavy atom. The Balaban J connectivity index is 2.23. The largest absolute Gasteiger partial charge is 0.394 e. The van der Waals surface area contributed by atoms with Gasteiger partial charge in [0.15, 0.2) is 5.96 Å². The third-order valence-electron chi connectivity index (χ3n) is 2.79. The van der Waals surface area contributed by atoms with Crippen LogP contribution in [0.4, 0.5) is 0 Å². The average molecular weight is 214 g/mol. The molecule has 1 aliphatic rings. The summed E-state index contributed by atoms with van der Waals surface area (Å²) in [4.78, 5) is 3.94. The molecule has 0 saturated heterocycles. The molecule has 1 saturated carbocycles. The van der Waals surface area contributed by atoms with Crippen molar-refractivity contribution in [1.29, 1.82) is 0 Å². The monoisotopic (exact) mass is 214 g/mol. The van der Waals surface area contributed by atoms with Crippen LogP contribution in [0.5, 0.6) is 0 Å². The normalized spacial score (nSPS) is 19.8. The molecule has 1 unspecified atom stereocenters. The van der Waals surface area contributed by atoms with Crippen LogP contribution in [0.1, 0.15) is 32.1 Å². The van der Waals surface area contributed by atoms with E-state index in [9.17, 15) is 0 Å². The van der Waals surface area contributed by atoms with E-state index in [1.807, 2.05) is 0 Å². The van der Waals surface area contributed by atoms with Crippen LogP contribution < -0.4 is 16.8 Å². The number of aliphatic hydroxyl groups is 1. The average Bonchev–Trinajstić information content (AvgIpc) is 2.25. The molecule has 5 heteroatoms. The molecule has 0 aliphatic heterocycles. The van der Waals surface area contributed by atoms with Crippen LogP contribution in [-0.4, -0.2) is 36.3 Å². The van der Waals surface area contributed by atoms with E-state index < -0.39 is 0 Å². The maximum absolute atomic E-state index is 9.05. The van der Waals surface area contributed by atoms with Gasteiger partial charge in [0.25, 0.3) is 0 Å². The molecule has 1 atom stereocenters. The van der Waals surface area contributed by atoms with Gasteiger partial charge in [-0.1, -0.05) is 19.3 Å². The minimum absolute atomic E-state index is 0.0163. The molecule has 1 rings (SSSR count). The van der Waals surface area contributed by atoms with Gasteiger partial charge < -0.3 is 21.9 Å². The fraction of sp³-hybridized carbons (Fsp3) is 0.900. The number of nitrogens with one attached hydrogen (secondary N) is 1. The first-order valence-corrected chi connectivity index (χ1v) is 5.65. The number of rotatable bonds is 5. The molecule has 0 amide bonds. The molecule has 6 N–H and O–H groups in total. The number of guanidine groups is 1. The van der Waals surface area contributed by atoms with Gasteiger partial charge in [-0.05, 0) is 12.8 Å². The molecular weight excluding hydrogens is 192 g/mol. The molecule has 1 aliphatic carbocycles. The molecule has 0 heterocycles. The molecule has 88 valence electrons. The van der Waals surface area contributed by atoms with Crippen molar-refractivity contribution in [3.8, 4) is 0 Å². The van der Waals surface area contributed by atoms with Crippen LogP contribution in [0.15, 0.2) is 4.99 Å². The van der Waals surface area contributed by atoms with E-state index in [1.54, 1.807) is 0 Å². The fourth-order valence-electron chi connectivity index (χ4n) is 1.97. The molecule has 1 fully saturated rings. The molecule has 5 nitrogen and oxygen atoms in total. The fourth-order valence-corrected chi connectivity index (χ4v) is 1.97. The molecule has 0 bridgehead atoms. The predicted octanol–water partition coefficient (Wildman–Crippen LogP) is -0.457. The van der Waals surface area contributed by atoms with E-state index >= 15 is 0 Å². The summed E-state index contributed by atoms with van der Waals surface area (Å²) in [6.07, 6.45) is 6.38. The molecule has 0 radical (unpaired) electrons. The number of aliphatic imine (C=N–C) groups is 1. The smallest absolute Gasteiger partial charge is 0.186 e. The second-order valence-corrected chi connectivity index (χ2v) is 4.13. The summed E-state index contributed by atoms with van der Waals surface area (Å²) in [5.74, 6) is 0.0412. The van der Waals surface area contributed by atoms with E-state index in [4.69, 9.17) is 16.6 Å². The summed E-state index contributed by atoms with van der Waals surface area (Å²) < 4.78 is 0. The summed E-state index contributed by atoms with van der Waals surface area (Å²) in [5.41, 5.74) is 10.5. The molecule has 0 aromatic carbocycles. The van der Waals surface area contributed by atoms with Gasteiger partial charge in [0.05, 0.1) is 12.6 Å². The maximum Gasteiger partial charge on any atom is 0.186 e. The van der Waals surface area contributed by atoms with Gasteiger partial charge in [-0.2, -0.15) is 0 Å². The lowest BCUT2D eigenvalue weighted by atomic mass is 9.95. The predicted molar refractivity (Wildman–Crippen MR) is 61.6 cm³/mol. The first-order chi connectivity index (χ1) is 7.22. The number of nitrogens with zero attached hydrogens (tertiary/aromatic N) is 1. The highest BCUT2D eigenvalue weighted by atomic mass is 16.3. The van der Waals surface area contributed by atoms with Crippen LogP contribution >= 0.6 is 0 Å². The lowest BCUT2D eigenvalue weighted by molar-refractivity contribution is 0.254. The number of hydrogen-bond acceptors (Lipinski definition) is 3. The Morgan fingerprint density at radius 1 is 1.33 bits per heavy atom. The van der Waals surface area contributed by atoms with Crippen LogP contribution in [0.25, 0.3) is 0 Å². The van der Waals surface area contributed by atoms with E-state index in [0.29, 0.717) is 12.6 Å². The zero-order valence-electron chi connectivity index (χ0n) is 9.15. The highest BCUT2D eigenvalue weighted by molar-refractivity contribution is 5.75. The van der Waals surface area contributed by atoms with Crippen molar-refractivity contribution in [3.05, 3.63) is 0 Å². The minimum Gasteiger partial charge on any atom is -0.394 e. The Kier molecular flexibility index (Phi) is 5.42. The highest BCUT2D eigenvalue weighted by Crippen LogP contribution is 2.17. The van der Waals surface area contributed by atoms with Crippen molar-refractivity contribution in [1.82, 2.24) is 5.32 Å². The Bertz CT molecular complexity index is 198. The summed E-state index contributed by atoms with van der Waals surface area (Å²) >= 11 is 0. The van der Waals surface area contributed by atoms with Crippen LogP contribution in [0, 0.1) is 0 Å². The Labute approximate surface area is 90.9 Å². The van der Waals surface area contributed by atoms with Crippen LogP contribution in [0.2, 0.25) is 0 Å².